The topological polar surface area (TPSA) is 70.3 Å². The van der Waals surface area contributed by atoms with Crippen molar-refractivity contribution in [3.8, 4) is 5.75 Å². The molecule has 0 bridgehead atoms. The van der Waals surface area contributed by atoms with Gasteiger partial charge in [0.1, 0.15) is 24.5 Å². The van der Waals surface area contributed by atoms with Crippen LogP contribution in [0.4, 0.5) is 5.82 Å². The van der Waals surface area contributed by atoms with Crippen LogP contribution in [0.15, 0.2) is 18.5 Å². The third kappa shape index (κ3) is 2.45. The summed E-state index contributed by atoms with van der Waals surface area (Å²) in [5, 5.41) is 0.851. The summed E-state index contributed by atoms with van der Waals surface area (Å²) < 4.78 is 10.5. The Morgan fingerprint density at radius 1 is 1.24 bits per heavy atom. The van der Waals surface area contributed by atoms with E-state index in [1.807, 2.05) is 19.1 Å². The van der Waals surface area contributed by atoms with Gasteiger partial charge >= 0.3 is 0 Å². The second-order valence-electron chi connectivity index (χ2n) is 3.74. The molecular formula is C12H15N3O2. The third-order valence-electron chi connectivity index (χ3n) is 2.51. The first-order chi connectivity index (χ1) is 8.22. The summed E-state index contributed by atoms with van der Waals surface area (Å²) >= 11 is 0. The maximum Gasteiger partial charge on any atom is 0.134 e. The molecule has 0 aliphatic rings. The van der Waals surface area contributed by atoms with Crippen LogP contribution >= 0.6 is 0 Å². The van der Waals surface area contributed by atoms with E-state index in [1.165, 1.54) is 6.33 Å². The van der Waals surface area contributed by atoms with Crippen molar-refractivity contribution in [2.75, 3.05) is 26.1 Å². The van der Waals surface area contributed by atoms with Crippen LogP contribution in [0.5, 0.6) is 5.75 Å². The number of aromatic nitrogens is 2. The Morgan fingerprint density at radius 2 is 2.06 bits per heavy atom. The second-order valence-corrected chi connectivity index (χ2v) is 3.74. The molecule has 0 unspecified atom stereocenters. The first-order valence-electron chi connectivity index (χ1n) is 5.35. The number of ether oxygens (including phenoxy) is 2. The highest BCUT2D eigenvalue weighted by Gasteiger charge is 2.06. The predicted molar refractivity (Wildman–Crippen MR) is 66.1 cm³/mol. The molecule has 90 valence electrons. The van der Waals surface area contributed by atoms with Crippen molar-refractivity contribution < 1.29 is 9.47 Å². The summed E-state index contributed by atoms with van der Waals surface area (Å²) in [6.07, 6.45) is 1.45. The summed E-state index contributed by atoms with van der Waals surface area (Å²) in [6.45, 7) is 3.04. The minimum absolute atomic E-state index is 0.488. The van der Waals surface area contributed by atoms with Crippen LogP contribution in [0.1, 0.15) is 5.56 Å². The van der Waals surface area contributed by atoms with Gasteiger partial charge in [0.05, 0.1) is 12.1 Å². The molecule has 0 atom stereocenters. The highest BCUT2D eigenvalue weighted by Crippen LogP contribution is 2.26. The molecular weight excluding hydrogens is 218 g/mol. The minimum Gasteiger partial charge on any atom is -0.491 e. The Bertz CT molecular complexity index is 528. The first-order valence-corrected chi connectivity index (χ1v) is 5.35. The van der Waals surface area contributed by atoms with Crippen molar-refractivity contribution in [2.24, 2.45) is 0 Å². The molecule has 0 fully saturated rings. The molecule has 0 aliphatic carbocycles. The van der Waals surface area contributed by atoms with Gasteiger partial charge in [-0.15, -0.1) is 0 Å². The number of rotatable bonds is 4. The third-order valence-corrected chi connectivity index (χ3v) is 2.51. The van der Waals surface area contributed by atoms with E-state index in [1.54, 1.807) is 7.11 Å². The van der Waals surface area contributed by atoms with Crippen LogP contribution in [0.25, 0.3) is 10.9 Å². The van der Waals surface area contributed by atoms with Gasteiger partial charge in [0.25, 0.3) is 0 Å². The minimum atomic E-state index is 0.488. The van der Waals surface area contributed by atoms with Gasteiger partial charge in [-0.1, -0.05) is 0 Å². The number of nitrogens with zero attached hydrogens (tertiary/aromatic N) is 2. The van der Waals surface area contributed by atoms with E-state index in [2.05, 4.69) is 9.97 Å². The largest absolute Gasteiger partial charge is 0.491 e. The number of nitrogen functional groups attached to an aromatic ring is 1. The Kier molecular flexibility index (Phi) is 3.39. The molecule has 2 aromatic rings. The van der Waals surface area contributed by atoms with Crippen molar-refractivity contribution >= 4 is 16.7 Å². The van der Waals surface area contributed by atoms with E-state index < -0.39 is 0 Å². The van der Waals surface area contributed by atoms with Crippen LogP contribution < -0.4 is 10.5 Å². The standard InChI is InChI=1S/C12H15N3O2/c1-8-5-9-10(14-7-15-12(9)13)6-11(8)17-4-3-16-2/h5-7H,3-4H2,1-2H3,(H2,13,14,15). The van der Waals surface area contributed by atoms with Crippen LogP contribution in [-0.2, 0) is 4.74 Å². The Labute approximate surface area is 99.6 Å². The van der Waals surface area contributed by atoms with Crippen molar-refractivity contribution in [2.45, 2.75) is 6.92 Å². The molecule has 5 nitrogen and oxygen atoms in total. The number of methoxy groups -OCH3 is 1. The molecule has 2 rings (SSSR count). The van der Waals surface area contributed by atoms with Crippen LogP contribution in [-0.4, -0.2) is 30.3 Å². The van der Waals surface area contributed by atoms with Crippen molar-refractivity contribution in [3.63, 3.8) is 0 Å². The zero-order valence-corrected chi connectivity index (χ0v) is 9.93. The molecule has 0 saturated heterocycles. The van der Waals surface area contributed by atoms with Crippen molar-refractivity contribution in [1.82, 2.24) is 9.97 Å². The lowest BCUT2D eigenvalue weighted by molar-refractivity contribution is 0.146. The fourth-order valence-electron chi connectivity index (χ4n) is 1.60. The summed E-state index contributed by atoms with van der Waals surface area (Å²) in [5.74, 6) is 1.29. The highest BCUT2D eigenvalue weighted by atomic mass is 16.5. The van der Waals surface area contributed by atoms with E-state index in [4.69, 9.17) is 15.2 Å². The van der Waals surface area contributed by atoms with Gasteiger partial charge in [-0.2, -0.15) is 0 Å². The number of hydrogen-bond donors (Lipinski definition) is 1. The maximum absolute atomic E-state index is 5.78. The monoisotopic (exact) mass is 233 g/mol. The van der Waals surface area contributed by atoms with E-state index in [-0.39, 0.29) is 0 Å². The van der Waals surface area contributed by atoms with E-state index in [0.717, 1.165) is 22.2 Å². The zero-order chi connectivity index (χ0) is 12.3. The Morgan fingerprint density at radius 3 is 2.82 bits per heavy atom. The summed E-state index contributed by atoms with van der Waals surface area (Å²) in [5.41, 5.74) is 7.58. The van der Waals surface area contributed by atoms with Gasteiger partial charge in [-0.05, 0) is 18.6 Å². The number of anilines is 1. The lowest BCUT2D eigenvalue weighted by Crippen LogP contribution is -2.05. The second kappa shape index (κ2) is 4.97. The lowest BCUT2D eigenvalue weighted by Gasteiger charge is -2.10. The Balaban J connectivity index is 2.35. The quantitative estimate of drug-likeness (QED) is 0.811. The van der Waals surface area contributed by atoms with Gasteiger partial charge in [0.15, 0.2) is 0 Å². The zero-order valence-electron chi connectivity index (χ0n) is 9.93. The molecule has 0 amide bonds. The molecule has 5 heteroatoms. The van der Waals surface area contributed by atoms with Crippen molar-refractivity contribution in [3.05, 3.63) is 24.0 Å². The van der Waals surface area contributed by atoms with Gasteiger partial charge in [-0.25, -0.2) is 9.97 Å². The first kappa shape index (κ1) is 11.6. The molecule has 1 heterocycles. The molecule has 0 saturated carbocycles. The number of nitrogens with two attached hydrogens (primary N) is 1. The molecule has 17 heavy (non-hydrogen) atoms. The van der Waals surface area contributed by atoms with Crippen LogP contribution in [0.3, 0.4) is 0 Å². The fraction of sp³-hybridized carbons (Fsp3) is 0.333. The predicted octanol–water partition coefficient (Wildman–Crippen LogP) is 1.55. The summed E-state index contributed by atoms with van der Waals surface area (Å²) in [6, 6.07) is 3.81. The number of benzene rings is 1. The van der Waals surface area contributed by atoms with Crippen LogP contribution in [0.2, 0.25) is 0 Å². The summed E-state index contributed by atoms with van der Waals surface area (Å²) in [4.78, 5) is 8.13. The Hall–Kier alpha value is -1.88. The van der Waals surface area contributed by atoms with Gasteiger partial charge in [-0.3, -0.25) is 0 Å². The van der Waals surface area contributed by atoms with E-state index >= 15 is 0 Å². The molecule has 0 radical (unpaired) electrons. The number of aryl methyl sites for hydroxylation is 1. The normalized spacial score (nSPS) is 10.7. The molecule has 1 aromatic heterocycles. The fourth-order valence-corrected chi connectivity index (χ4v) is 1.60. The van der Waals surface area contributed by atoms with Gasteiger partial charge in [0.2, 0.25) is 0 Å². The lowest BCUT2D eigenvalue weighted by atomic mass is 10.1. The smallest absolute Gasteiger partial charge is 0.134 e. The van der Waals surface area contributed by atoms with Gasteiger partial charge in [0, 0.05) is 18.6 Å². The molecule has 0 spiro atoms. The van der Waals surface area contributed by atoms with Crippen LogP contribution in [0, 0.1) is 6.92 Å². The summed E-state index contributed by atoms with van der Waals surface area (Å²) in [7, 11) is 1.64. The molecule has 1 aromatic carbocycles. The highest BCUT2D eigenvalue weighted by molar-refractivity contribution is 5.89. The SMILES string of the molecule is COCCOc1cc2ncnc(N)c2cc1C. The number of hydrogen-bond acceptors (Lipinski definition) is 5. The van der Waals surface area contributed by atoms with E-state index in [0.29, 0.717) is 19.0 Å². The molecule has 0 aliphatic heterocycles. The maximum atomic E-state index is 5.78. The van der Waals surface area contributed by atoms with Crippen molar-refractivity contribution in [1.29, 1.82) is 0 Å². The van der Waals surface area contributed by atoms with Gasteiger partial charge < -0.3 is 15.2 Å². The molecule has 2 N–H and O–H groups in total. The average molecular weight is 233 g/mol. The number of fused-ring (bicyclic) bond motifs is 1. The average Bonchev–Trinajstić information content (AvgIpc) is 2.31. The van der Waals surface area contributed by atoms with E-state index in [9.17, 15) is 0 Å².